The van der Waals surface area contributed by atoms with Crippen molar-refractivity contribution in [2.24, 2.45) is 0 Å². The van der Waals surface area contributed by atoms with Crippen molar-refractivity contribution in [1.82, 2.24) is 15.5 Å². The summed E-state index contributed by atoms with van der Waals surface area (Å²) in [6.07, 6.45) is 2.21. The molecule has 0 bridgehead atoms. The average molecular weight is 354 g/mol. The van der Waals surface area contributed by atoms with Crippen molar-refractivity contribution >= 4 is 29.3 Å². The number of thioether (sulfide) groups is 1. The van der Waals surface area contributed by atoms with E-state index in [4.69, 9.17) is 11.6 Å². The van der Waals surface area contributed by atoms with E-state index in [1.54, 1.807) is 11.8 Å². The van der Waals surface area contributed by atoms with Gasteiger partial charge in [-0.15, -0.1) is 11.8 Å². The van der Waals surface area contributed by atoms with E-state index in [2.05, 4.69) is 21.6 Å². The van der Waals surface area contributed by atoms with Gasteiger partial charge in [0.15, 0.2) is 0 Å². The highest BCUT2D eigenvalue weighted by atomic mass is 35.5. The predicted octanol–water partition coefficient (Wildman–Crippen LogP) is 2.30. The molecule has 0 spiro atoms. The van der Waals surface area contributed by atoms with Crippen LogP contribution >= 0.6 is 23.4 Å². The van der Waals surface area contributed by atoms with Crippen molar-refractivity contribution in [2.45, 2.75) is 24.1 Å². The Labute approximate surface area is 147 Å². The Bertz CT molecular complexity index is 536. The second-order valence-corrected chi connectivity index (χ2v) is 7.76. The molecule has 126 valence electrons. The number of carbonyl (C=O) groups is 1. The minimum Gasteiger partial charge on any atom is -0.343 e. The zero-order valence-electron chi connectivity index (χ0n) is 13.3. The fourth-order valence-electron chi connectivity index (χ4n) is 3.32. The minimum absolute atomic E-state index is 0.147. The maximum Gasteiger partial charge on any atom is 0.230 e. The first-order valence-electron chi connectivity index (χ1n) is 8.32. The van der Waals surface area contributed by atoms with Crippen LogP contribution in [0.4, 0.5) is 0 Å². The van der Waals surface area contributed by atoms with E-state index in [9.17, 15) is 4.79 Å². The van der Waals surface area contributed by atoms with Gasteiger partial charge < -0.3 is 15.5 Å². The number of piperazine rings is 1. The van der Waals surface area contributed by atoms with E-state index in [0.29, 0.717) is 11.7 Å². The van der Waals surface area contributed by atoms with Crippen LogP contribution in [0.1, 0.15) is 24.3 Å². The third-order valence-electron chi connectivity index (χ3n) is 4.54. The van der Waals surface area contributed by atoms with Gasteiger partial charge in [-0.05, 0) is 37.1 Å². The first kappa shape index (κ1) is 17.1. The van der Waals surface area contributed by atoms with E-state index >= 15 is 0 Å². The molecule has 0 aliphatic carbocycles. The van der Waals surface area contributed by atoms with E-state index in [0.717, 1.165) is 50.6 Å². The van der Waals surface area contributed by atoms with E-state index in [1.165, 1.54) is 5.56 Å². The predicted molar refractivity (Wildman–Crippen MR) is 97.1 cm³/mol. The van der Waals surface area contributed by atoms with E-state index in [1.807, 2.05) is 18.2 Å². The maximum absolute atomic E-state index is 11.6. The molecule has 2 unspecified atom stereocenters. The van der Waals surface area contributed by atoms with Gasteiger partial charge in [-0.25, -0.2) is 0 Å². The van der Waals surface area contributed by atoms with Gasteiger partial charge in [0.25, 0.3) is 0 Å². The van der Waals surface area contributed by atoms with Crippen LogP contribution in [-0.4, -0.2) is 54.7 Å². The lowest BCUT2D eigenvalue weighted by atomic mass is 9.93. The minimum atomic E-state index is 0.147. The number of hydrogen-bond acceptors (Lipinski definition) is 4. The number of benzene rings is 1. The number of amides is 1. The molecule has 0 aromatic heterocycles. The Kier molecular flexibility index (Phi) is 6.22. The molecule has 2 fully saturated rings. The Balaban J connectivity index is 1.61. The van der Waals surface area contributed by atoms with Crippen LogP contribution in [0.2, 0.25) is 5.02 Å². The summed E-state index contributed by atoms with van der Waals surface area (Å²) < 4.78 is 0. The van der Waals surface area contributed by atoms with Gasteiger partial charge in [-0.2, -0.15) is 0 Å². The van der Waals surface area contributed by atoms with E-state index in [-0.39, 0.29) is 11.3 Å². The summed E-state index contributed by atoms with van der Waals surface area (Å²) in [5, 5.41) is 7.44. The Hall–Kier alpha value is -0.750. The van der Waals surface area contributed by atoms with Gasteiger partial charge in [-0.1, -0.05) is 23.7 Å². The van der Waals surface area contributed by atoms with Crippen LogP contribution in [0.25, 0.3) is 0 Å². The zero-order chi connectivity index (χ0) is 16.1. The lowest BCUT2D eigenvalue weighted by Gasteiger charge is -2.29. The summed E-state index contributed by atoms with van der Waals surface area (Å²) in [7, 11) is 0. The summed E-state index contributed by atoms with van der Waals surface area (Å²) in [4.78, 5) is 14.1. The third kappa shape index (κ3) is 4.86. The standard InChI is InChI=1S/C17H24ClN3OS/c18-14-4-1-3-13(11-14)15(17-20-16(22)12-23-17)5-2-8-21-9-6-19-7-10-21/h1,3-4,11,15,17,19H,2,5-10,12H2,(H,20,22). The smallest absolute Gasteiger partial charge is 0.230 e. The molecule has 6 heteroatoms. The summed E-state index contributed by atoms with van der Waals surface area (Å²) in [5.41, 5.74) is 1.23. The van der Waals surface area contributed by atoms with Crippen LogP contribution in [0.3, 0.4) is 0 Å². The SMILES string of the molecule is O=C1CSC(C(CCCN2CCNCC2)c2cccc(Cl)c2)N1. The number of rotatable bonds is 6. The monoisotopic (exact) mass is 353 g/mol. The molecule has 1 aromatic rings. The average Bonchev–Trinajstić information content (AvgIpc) is 2.99. The van der Waals surface area contributed by atoms with Gasteiger partial charge in [0.1, 0.15) is 0 Å². The van der Waals surface area contributed by atoms with Crippen molar-refractivity contribution in [3.63, 3.8) is 0 Å². The molecule has 2 saturated heterocycles. The van der Waals surface area contributed by atoms with Crippen molar-refractivity contribution in [1.29, 1.82) is 0 Å². The largest absolute Gasteiger partial charge is 0.343 e. The molecule has 2 aliphatic heterocycles. The quantitative estimate of drug-likeness (QED) is 0.823. The molecule has 3 rings (SSSR count). The molecule has 0 saturated carbocycles. The van der Waals surface area contributed by atoms with Crippen molar-refractivity contribution < 1.29 is 4.79 Å². The zero-order valence-corrected chi connectivity index (χ0v) is 14.8. The Morgan fingerprint density at radius 2 is 2.17 bits per heavy atom. The topological polar surface area (TPSA) is 44.4 Å². The highest BCUT2D eigenvalue weighted by Gasteiger charge is 2.30. The molecule has 0 radical (unpaired) electrons. The van der Waals surface area contributed by atoms with Crippen LogP contribution in [0, 0.1) is 0 Å². The molecular weight excluding hydrogens is 330 g/mol. The highest BCUT2D eigenvalue weighted by molar-refractivity contribution is 8.01. The third-order valence-corrected chi connectivity index (χ3v) is 6.01. The molecule has 1 aromatic carbocycles. The number of hydrogen-bond donors (Lipinski definition) is 2. The van der Waals surface area contributed by atoms with Gasteiger partial charge >= 0.3 is 0 Å². The summed E-state index contributed by atoms with van der Waals surface area (Å²) >= 11 is 7.89. The molecule has 23 heavy (non-hydrogen) atoms. The normalized spacial score (nSPS) is 23.7. The Morgan fingerprint density at radius 3 is 2.87 bits per heavy atom. The second kappa shape index (κ2) is 8.38. The molecule has 2 aliphatic rings. The van der Waals surface area contributed by atoms with Gasteiger partial charge in [0.2, 0.25) is 5.91 Å². The molecule has 1 amide bonds. The molecule has 2 heterocycles. The summed E-state index contributed by atoms with van der Waals surface area (Å²) in [6, 6.07) is 8.08. The maximum atomic E-state index is 11.6. The summed E-state index contributed by atoms with van der Waals surface area (Å²) in [5.74, 6) is 1.04. The molecule has 4 nitrogen and oxygen atoms in total. The fourth-order valence-corrected chi connectivity index (χ4v) is 4.68. The number of halogens is 1. The van der Waals surface area contributed by atoms with Crippen LogP contribution in [0.15, 0.2) is 24.3 Å². The lowest BCUT2D eigenvalue weighted by Crippen LogP contribution is -2.43. The number of carbonyl (C=O) groups excluding carboxylic acids is 1. The summed E-state index contributed by atoms with van der Waals surface area (Å²) in [6.45, 7) is 5.58. The lowest BCUT2D eigenvalue weighted by molar-refractivity contribution is -0.118. The van der Waals surface area contributed by atoms with Crippen molar-refractivity contribution in [3.8, 4) is 0 Å². The number of nitrogens with zero attached hydrogens (tertiary/aromatic N) is 1. The molecular formula is C17H24ClN3OS. The van der Waals surface area contributed by atoms with Crippen molar-refractivity contribution in [2.75, 3.05) is 38.5 Å². The van der Waals surface area contributed by atoms with Crippen LogP contribution < -0.4 is 10.6 Å². The highest BCUT2D eigenvalue weighted by Crippen LogP contribution is 2.34. The van der Waals surface area contributed by atoms with Gasteiger partial charge in [0.05, 0.1) is 11.1 Å². The second-order valence-electron chi connectivity index (χ2n) is 6.19. The fraction of sp³-hybridized carbons (Fsp3) is 0.588. The number of nitrogens with one attached hydrogen (secondary N) is 2. The first-order chi connectivity index (χ1) is 11.2. The van der Waals surface area contributed by atoms with Crippen LogP contribution in [0.5, 0.6) is 0 Å². The Morgan fingerprint density at radius 1 is 1.35 bits per heavy atom. The molecule has 2 atom stereocenters. The van der Waals surface area contributed by atoms with Gasteiger partial charge in [-0.3, -0.25) is 4.79 Å². The van der Waals surface area contributed by atoms with Gasteiger partial charge in [0, 0.05) is 37.1 Å². The van der Waals surface area contributed by atoms with E-state index < -0.39 is 0 Å². The van der Waals surface area contributed by atoms with Crippen molar-refractivity contribution in [3.05, 3.63) is 34.9 Å². The molecule has 2 N–H and O–H groups in total. The van der Waals surface area contributed by atoms with Crippen LogP contribution in [-0.2, 0) is 4.79 Å². The first-order valence-corrected chi connectivity index (χ1v) is 9.74.